The summed E-state index contributed by atoms with van der Waals surface area (Å²) in [4.78, 5) is 41.1. The van der Waals surface area contributed by atoms with Crippen molar-refractivity contribution in [3.63, 3.8) is 0 Å². The summed E-state index contributed by atoms with van der Waals surface area (Å²) in [5.74, 6) is -0.901. The molecule has 0 unspecified atom stereocenters. The number of fused-ring (bicyclic) bond motifs is 1. The van der Waals surface area contributed by atoms with E-state index in [0.29, 0.717) is 36.2 Å². The van der Waals surface area contributed by atoms with Gasteiger partial charge in [-0.3, -0.25) is 19.0 Å². The summed E-state index contributed by atoms with van der Waals surface area (Å²) >= 11 is 6.69. The highest BCUT2D eigenvalue weighted by Gasteiger charge is 2.30. The maximum absolute atomic E-state index is 15.0. The molecule has 2 heterocycles. The standard InChI is InChI=1S/C32H31ClFN3O4/c1-5-28(39)35-16-20(17-35)12-13-36-25-15-23(33)22(29-24(34)10-7-11-27(29)38)14-26(25)37(32(41)31(36)40)30-19(4)8-6-9-21(30)18(2)3/h5-11,14-15,18,20,38H,1,12-13,16-17H2,2-4H3. The number of phenols is 1. The molecule has 212 valence electrons. The van der Waals surface area contributed by atoms with Crippen LogP contribution in [0.15, 0.2) is 70.8 Å². The lowest BCUT2D eigenvalue weighted by molar-refractivity contribution is -0.132. The van der Waals surface area contributed by atoms with E-state index in [0.717, 1.165) is 11.1 Å². The summed E-state index contributed by atoms with van der Waals surface area (Å²) in [6, 6.07) is 12.8. The molecule has 1 amide bonds. The molecule has 1 fully saturated rings. The van der Waals surface area contributed by atoms with E-state index in [4.69, 9.17) is 11.6 Å². The average Bonchev–Trinajstić information content (AvgIpc) is 2.90. The maximum Gasteiger partial charge on any atom is 0.321 e. The van der Waals surface area contributed by atoms with Crippen LogP contribution in [0.3, 0.4) is 0 Å². The number of benzene rings is 3. The second kappa shape index (κ2) is 11.0. The van der Waals surface area contributed by atoms with Gasteiger partial charge in [0.1, 0.15) is 11.6 Å². The number of aromatic nitrogens is 2. The lowest BCUT2D eigenvalue weighted by Crippen LogP contribution is -2.50. The first-order valence-electron chi connectivity index (χ1n) is 13.5. The van der Waals surface area contributed by atoms with Crippen molar-refractivity contribution in [3.05, 3.63) is 104 Å². The molecule has 1 N–H and O–H groups in total. The van der Waals surface area contributed by atoms with Gasteiger partial charge in [-0.2, -0.15) is 0 Å². The van der Waals surface area contributed by atoms with Gasteiger partial charge in [0.05, 0.1) is 27.3 Å². The first kappa shape index (κ1) is 28.4. The normalized spacial score (nSPS) is 13.6. The molecule has 0 aliphatic carbocycles. The minimum Gasteiger partial charge on any atom is -0.507 e. The van der Waals surface area contributed by atoms with Crippen molar-refractivity contribution >= 4 is 28.5 Å². The number of aromatic hydroxyl groups is 1. The number of rotatable bonds is 7. The topological polar surface area (TPSA) is 84.5 Å². The number of hydrogen-bond donors (Lipinski definition) is 1. The highest BCUT2D eigenvalue weighted by atomic mass is 35.5. The number of hydrogen-bond acceptors (Lipinski definition) is 4. The SMILES string of the molecule is C=CC(=O)N1CC(CCn2c(=O)c(=O)n(-c3c(C)cccc3C(C)C)c3cc(-c4c(O)cccc4F)c(Cl)cc32)C1. The molecular weight excluding hydrogens is 545 g/mol. The van der Waals surface area contributed by atoms with E-state index >= 15 is 0 Å². The number of likely N-dealkylation sites (tertiary alicyclic amines) is 1. The van der Waals surface area contributed by atoms with Gasteiger partial charge in [0, 0.05) is 25.2 Å². The lowest BCUT2D eigenvalue weighted by atomic mass is 9.96. The summed E-state index contributed by atoms with van der Waals surface area (Å²) in [6.07, 6.45) is 1.84. The minimum atomic E-state index is -0.739. The fourth-order valence-corrected chi connectivity index (χ4v) is 5.87. The van der Waals surface area contributed by atoms with E-state index in [1.165, 1.54) is 33.4 Å². The van der Waals surface area contributed by atoms with Gasteiger partial charge in [0.15, 0.2) is 0 Å². The molecule has 1 aromatic heterocycles. The van der Waals surface area contributed by atoms with Crippen LogP contribution in [-0.2, 0) is 11.3 Å². The van der Waals surface area contributed by atoms with Gasteiger partial charge in [-0.25, -0.2) is 4.39 Å². The van der Waals surface area contributed by atoms with Crippen LogP contribution in [-0.4, -0.2) is 38.1 Å². The summed E-state index contributed by atoms with van der Waals surface area (Å²) in [5, 5.41) is 10.7. The Kier molecular flexibility index (Phi) is 7.62. The van der Waals surface area contributed by atoms with Crippen molar-refractivity contribution in [2.24, 2.45) is 5.92 Å². The van der Waals surface area contributed by atoms with Gasteiger partial charge in [-0.15, -0.1) is 0 Å². The van der Waals surface area contributed by atoms with E-state index in [9.17, 15) is 23.9 Å². The molecule has 7 nitrogen and oxygen atoms in total. The molecule has 1 aliphatic heterocycles. The molecule has 0 saturated carbocycles. The third kappa shape index (κ3) is 4.97. The predicted octanol–water partition coefficient (Wildman–Crippen LogP) is 5.78. The monoisotopic (exact) mass is 575 g/mol. The Balaban J connectivity index is 1.76. The Morgan fingerprint density at radius 2 is 1.83 bits per heavy atom. The molecule has 0 radical (unpaired) electrons. The van der Waals surface area contributed by atoms with Crippen molar-refractivity contribution in [3.8, 4) is 22.6 Å². The molecule has 5 rings (SSSR count). The van der Waals surface area contributed by atoms with Crippen LogP contribution < -0.4 is 11.1 Å². The van der Waals surface area contributed by atoms with Crippen LogP contribution >= 0.6 is 11.6 Å². The molecule has 1 aliphatic rings. The number of carbonyl (C=O) groups is 1. The molecule has 4 aromatic rings. The zero-order valence-corrected chi connectivity index (χ0v) is 23.9. The molecule has 9 heteroatoms. The first-order chi connectivity index (χ1) is 19.5. The Hall–Kier alpha value is -4.17. The second-order valence-corrected chi connectivity index (χ2v) is 11.2. The lowest BCUT2D eigenvalue weighted by Gasteiger charge is -2.38. The smallest absolute Gasteiger partial charge is 0.321 e. The highest BCUT2D eigenvalue weighted by molar-refractivity contribution is 6.34. The number of aryl methyl sites for hydroxylation is 2. The number of halogens is 2. The van der Waals surface area contributed by atoms with Crippen molar-refractivity contribution in [2.45, 2.75) is 39.7 Å². The highest BCUT2D eigenvalue weighted by Crippen LogP contribution is 2.39. The Morgan fingerprint density at radius 1 is 1.12 bits per heavy atom. The maximum atomic E-state index is 15.0. The predicted molar refractivity (Wildman–Crippen MR) is 160 cm³/mol. The van der Waals surface area contributed by atoms with E-state index in [1.54, 1.807) is 17.0 Å². The summed E-state index contributed by atoms with van der Waals surface area (Å²) in [6.45, 7) is 10.7. The molecule has 41 heavy (non-hydrogen) atoms. The third-order valence-electron chi connectivity index (χ3n) is 7.81. The van der Waals surface area contributed by atoms with Gasteiger partial charge in [0.25, 0.3) is 0 Å². The zero-order valence-electron chi connectivity index (χ0n) is 23.2. The van der Waals surface area contributed by atoms with Crippen LogP contribution in [0.2, 0.25) is 5.02 Å². The molecule has 0 atom stereocenters. The van der Waals surface area contributed by atoms with Gasteiger partial charge in [-0.1, -0.05) is 56.3 Å². The Morgan fingerprint density at radius 3 is 2.49 bits per heavy atom. The van der Waals surface area contributed by atoms with E-state index in [1.807, 2.05) is 39.0 Å². The van der Waals surface area contributed by atoms with Crippen LogP contribution in [0.1, 0.15) is 37.3 Å². The number of nitrogens with zero attached hydrogens (tertiary/aromatic N) is 3. The summed E-state index contributed by atoms with van der Waals surface area (Å²) in [5.41, 5.74) is 1.70. The number of phenolic OH excluding ortho intramolecular Hbond substituents is 1. The van der Waals surface area contributed by atoms with Crippen molar-refractivity contribution in [1.82, 2.24) is 14.0 Å². The quantitative estimate of drug-likeness (QED) is 0.223. The number of amides is 1. The van der Waals surface area contributed by atoms with Crippen molar-refractivity contribution < 1.29 is 14.3 Å². The number of carbonyl (C=O) groups excluding carboxylic acids is 1. The van der Waals surface area contributed by atoms with Gasteiger partial charge in [0.2, 0.25) is 5.91 Å². The minimum absolute atomic E-state index is 0.0384. The van der Waals surface area contributed by atoms with E-state index < -0.39 is 16.9 Å². The van der Waals surface area contributed by atoms with Crippen molar-refractivity contribution in [1.29, 1.82) is 0 Å². The fourth-order valence-electron chi connectivity index (χ4n) is 5.62. The van der Waals surface area contributed by atoms with Crippen LogP contribution in [0.4, 0.5) is 4.39 Å². The second-order valence-electron chi connectivity index (χ2n) is 10.8. The molecular formula is C32H31ClFN3O4. The van der Waals surface area contributed by atoms with Crippen LogP contribution in [0, 0.1) is 18.7 Å². The van der Waals surface area contributed by atoms with Crippen molar-refractivity contribution in [2.75, 3.05) is 13.1 Å². The summed E-state index contributed by atoms with van der Waals surface area (Å²) in [7, 11) is 0. The molecule has 0 spiro atoms. The van der Waals surface area contributed by atoms with E-state index in [-0.39, 0.29) is 46.2 Å². The summed E-state index contributed by atoms with van der Waals surface area (Å²) < 4.78 is 17.8. The first-order valence-corrected chi connectivity index (χ1v) is 13.9. The van der Waals surface area contributed by atoms with Crippen LogP contribution in [0.25, 0.3) is 27.8 Å². The molecule has 3 aromatic carbocycles. The largest absolute Gasteiger partial charge is 0.507 e. The average molecular weight is 576 g/mol. The number of para-hydroxylation sites is 1. The van der Waals surface area contributed by atoms with Crippen LogP contribution in [0.5, 0.6) is 5.75 Å². The Labute approximate surface area is 241 Å². The zero-order chi connectivity index (χ0) is 29.6. The van der Waals surface area contributed by atoms with Gasteiger partial charge < -0.3 is 14.6 Å². The van der Waals surface area contributed by atoms with Gasteiger partial charge >= 0.3 is 11.1 Å². The molecule has 0 bridgehead atoms. The van der Waals surface area contributed by atoms with Gasteiger partial charge in [-0.05, 0) is 66.6 Å². The van der Waals surface area contributed by atoms with E-state index in [2.05, 4.69) is 6.58 Å². The molecule has 1 saturated heterocycles. The fraction of sp³-hybridized carbons (Fsp3) is 0.281. The third-order valence-corrected chi connectivity index (χ3v) is 8.12. The Bertz CT molecular complexity index is 1800.